The summed E-state index contributed by atoms with van der Waals surface area (Å²) >= 11 is 1.82. The molecular formula is C21H27NO2S. The minimum atomic E-state index is -0.441. The van der Waals surface area contributed by atoms with Crippen molar-refractivity contribution in [2.75, 3.05) is 12.3 Å². The molecule has 0 saturated heterocycles. The van der Waals surface area contributed by atoms with E-state index in [-0.39, 0.29) is 5.91 Å². The molecule has 134 valence electrons. The van der Waals surface area contributed by atoms with E-state index in [4.69, 9.17) is 4.74 Å². The van der Waals surface area contributed by atoms with E-state index in [0.29, 0.717) is 13.0 Å². The van der Waals surface area contributed by atoms with Crippen LogP contribution in [0.25, 0.3) is 0 Å². The number of thioether (sulfide) groups is 1. The predicted octanol–water partition coefficient (Wildman–Crippen LogP) is 4.51. The third kappa shape index (κ3) is 6.83. The highest BCUT2D eigenvalue weighted by molar-refractivity contribution is 7.98. The molecule has 0 aliphatic carbocycles. The summed E-state index contributed by atoms with van der Waals surface area (Å²) in [6.07, 6.45) is 0.208. The van der Waals surface area contributed by atoms with E-state index in [9.17, 15) is 4.79 Å². The Hall–Kier alpha value is -1.94. The van der Waals surface area contributed by atoms with Gasteiger partial charge in [0, 0.05) is 18.1 Å². The van der Waals surface area contributed by atoms with Crippen LogP contribution in [0.5, 0.6) is 5.75 Å². The fraction of sp³-hybridized carbons (Fsp3) is 0.381. The maximum atomic E-state index is 12.3. The Morgan fingerprint density at radius 1 is 1.12 bits per heavy atom. The molecule has 0 bridgehead atoms. The van der Waals surface area contributed by atoms with Crippen molar-refractivity contribution in [3.05, 3.63) is 65.2 Å². The molecule has 4 heteroatoms. The average molecular weight is 358 g/mol. The van der Waals surface area contributed by atoms with Gasteiger partial charge in [-0.15, -0.1) is 0 Å². The predicted molar refractivity (Wildman–Crippen MR) is 106 cm³/mol. The zero-order valence-electron chi connectivity index (χ0n) is 15.2. The third-order valence-electron chi connectivity index (χ3n) is 3.87. The molecule has 1 N–H and O–H groups in total. The standard InChI is InChI=1S/C21H27NO2S/c1-4-20(24-19-7-5-6-17(3)14-19)21(23)22-12-13-25-15-18-10-8-16(2)9-11-18/h5-11,14,20H,4,12-13,15H2,1-3H3,(H,22,23)/t20-/m1/s1. The molecule has 0 saturated carbocycles. The normalized spacial score (nSPS) is 11.8. The number of aryl methyl sites for hydroxylation is 2. The van der Waals surface area contributed by atoms with Crippen LogP contribution in [0.2, 0.25) is 0 Å². The first-order chi connectivity index (χ1) is 12.1. The van der Waals surface area contributed by atoms with Gasteiger partial charge in [0.15, 0.2) is 6.10 Å². The van der Waals surface area contributed by atoms with Crippen molar-refractivity contribution < 1.29 is 9.53 Å². The second kappa shape index (κ2) is 10.1. The summed E-state index contributed by atoms with van der Waals surface area (Å²) in [6, 6.07) is 16.4. The number of amides is 1. The van der Waals surface area contributed by atoms with Crippen LogP contribution in [0.4, 0.5) is 0 Å². The lowest BCUT2D eigenvalue weighted by molar-refractivity contribution is -0.127. The molecule has 0 radical (unpaired) electrons. The van der Waals surface area contributed by atoms with Crippen LogP contribution in [0.3, 0.4) is 0 Å². The molecule has 2 rings (SSSR count). The Morgan fingerprint density at radius 3 is 2.56 bits per heavy atom. The highest BCUT2D eigenvalue weighted by atomic mass is 32.2. The van der Waals surface area contributed by atoms with Gasteiger partial charge in [0.1, 0.15) is 5.75 Å². The number of ether oxygens (including phenoxy) is 1. The Bertz CT molecular complexity index is 670. The van der Waals surface area contributed by atoms with Crippen molar-refractivity contribution in [2.24, 2.45) is 0 Å². The summed E-state index contributed by atoms with van der Waals surface area (Å²) in [6.45, 7) is 6.73. The molecule has 0 aliphatic rings. The highest BCUT2D eigenvalue weighted by Gasteiger charge is 2.17. The van der Waals surface area contributed by atoms with Crippen molar-refractivity contribution >= 4 is 17.7 Å². The quantitative estimate of drug-likeness (QED) is 0.671. The molecule has 1 amide bonds. The first kappa shape index (κ1) is 19.4. The summed E-state index contributed by atoms with van der Waals surface area (Å²) in [5, 5.41) is 2.98. The SMILES string of the molecule is CC[C@@H](Oc1cccc(C)c1)C(=O)NCCSCc1ccc(C)cc1. The number of carbonyl (C=O) groups excluding carboxylic acids is 1. The van der Waals surface area contributed by atoms with Gasteiger partial charge in [0.25, 0.3) is 5.91 Å². The second-order valence-corrected chi connectivity index (χ2v) is 7.27. The van der Waals surface area contributed by atoms with E-state index < -0.39 is 6.10 Å². The van der Waals surface area contributed by atoms with Gasteiger partial charge in [0.05, 0.1) is 0 Å². The lowest BCUT2D eigenvalue weighted by Gasteiger charge is -2.17. The maximum Gasteiger partial charge on any atom is 0.261 e. The lowest BCUT2D eigenvalue weighted by atomic mass is 10.2. The fourth-order valence-corrected chi connectivity index (χ4v) is 3.23. The minimum Gasteiger partial charge on any atom is -0.481 e. The zero-order valence-corrected chi connectivity index (χ0v) is 16.1. The van der Waals surface area contributed by atoms with Crippen LogP contribution in [-0.4, -0.2) is 24.3 Å². The number of carbonyl (C=O) groups is 1. The highest BCUT2D eigenvalue weighted by Crippen LogP contribution is 2.16. The summed E-state index contributed by atoms with van der Waals surface area (Å²) in [4.78, 5) is 12.3. The Kier molecular flexibility index (Phi) is 7.86. The second-order valence-electron chi connectivity index (χ2n) is 6.16. The molecule has 2 aromatic carbocycles. The van der Waals surface area contributed by atoms with Crippen LogP contribution in [0.15, 0.2) is 48.5 Å². The van der Waals surface area contributed by atoms with Crippen LogP contribution >= 0.6 is 11.8 Å². The minimum absolute atomic E-state index is 0.0417. The number of rotatable bonds is 9. The molecular weight excluding hydrogens is 330 g/mol. The molecule has 2 aromatic rings. The van der Waals surface area contributed by atoms with Crippen molar-refractivity contribution in [3.8, 4) is 5.75 Å². The van der Waals surface area contributed by atoms with Crippen molar-refractivity contribution in [2.45, 2.75) is 39.0 Å². The molecule has 0 fully saturated rings. The van der Waals surface area contributed by atoms with Crippen LogP contribution in [0, 0.1) is 13.8 Å². The number of hydrogen-bond donors (Lipinski definition) is 1. The molecule has 0 spiro atoms. The van der Waals surface area contributed by atoms with Crippen LogP contribution in [-0.2, 0) is 10.5 Å². The number of benzene rings is 2. The van der Waals surface area contributed by atoms with Gasteiger partial charge < -0.3 is 10.1 Å². The van der Waals surface area contributed by atoms with E-state index in [0.717, 1.165) is 22.8 Å². The van der Waals surface area contributed by atoms with Gasteiger partial charge in [-0.25, -0.2) is 0 Å². The van der Waals surface area contributed by atoms with Crippen LogP contribution in [0.1, 0.15) is 30.0 Å². The Labute approximate surface area is 155 Å². The number of nitrogens with one attached hydrogen (secondary N) is 1. The maximum absolute atomic E-state index is 12.3. The van der Waals surface area contributed by atoms with Gasteiger partial charge in [-0.1, -0.05) is 48.9 Å². The van der Waals surface area contributed by atoms with Crippen molar-refractivity contribution in [1.29, 1.82) is 0 Å². The van der Waals surface area contributed by atoms with Gasteiger partial charge in [0.2, 0.25) is 0 Å². The van der Waals surface area contributed by atoms with Crippen LogP contribution < -0.4 is 10.1 Å². The van der Waals surface area contributed by atoms with Gasteiger partial charge in [-0.3, -0.25) is 4.79 Å². The third-order valence-corrected chi connectivity index (χ3v) is 4.90. The van der Waals surface area contributed by atoms with Gasteiger partial charge >= 0.3 is 0 Å². The van der Waals surface area contributed by atoms with Gasteiger partial charge in [-0.2, -0.15) is 11.8 Å². The molecule has 25 heavy (non-hydrogen) atoms. The van der Waals surface area contributed by atoms with E-state index >= 15 is 0 Å². The van der Waals surface area contributed by atoms with E-state index in [2.05, 4.69) is 36.5 Å². The number of hydrogen-bond acceptors (Lipinski definition) is 3. The molecule has 0 aromatic heterocycles. The Balaban J connectivity index is 1.69. The van der Waals surface area contributed by atoms with Crippen molar-refractivity contribution in [3.63, 3.8) is 0 Å². The molecule has 0 unspecified atom stereocenters. The summed E-state index contributed by atoms with van der Waals surface area (Å²) < 4.78 is 5.82. The van der Waals surface area contributed by atoms with E-state index in [1.807, 2.05) is 49.9 Å². The first-order valence-corrected chi connectivity index (χ1v) is 9.88. The Morgan fingerprint density at radius 2 is 1.88 bits per heavy atom. The molecule has 3 nitrogen and oxygen atoms in total. The monoisotopic (exact) mass is 357 g/mol. The largest absolute Gasteiger partial charge is 0.481 e. The molecule has 0 heterocycles. The summed E-state index contributed by atoms with van der Waals surface area (Å²) in [5.74, 6) is 2.56. The van der Waals surface area contributed by atoms with Crippen molar-refractivity contribution in [1.82, 2.24) is 5.32 Å². The summed E-state index contributed by atoms with van der Waals surface area (Å²) in [7, 11) is 0. The topological polar surface area (TPSA) is 38.3 Å². The first-order valence-electron chi connectivity index (χ1n) is 8.73. The smallest absolute Gasteiger partial charge is 0.261 e. The zero-order chi connectivity index (χ0) is 18.1. The lowest BCUT2D eigenvalue weighted by Crippen LogP contribution is -2.39. The summed E-state index contributed by atoms with van der Waals surface area (Å²) in [5.41, 5.74) is 3.72. The van der Waals surface area contributed by atoms with E-state index in [1.54, 1.807) is 0 Å². The van der Waals surface area contributed by atoms with Gasteiger partial charge in [-0.05, 0) is 43.5 Å². The fourth-order valence-electron chi connectivity index (χ4n) is 2.41. The molecule has 1 atom stereocenters. The van der Waals surface area contributed by atoms with E-state index in [1.165, 1.54) is 11.1 Å². The average Bonchev–Trinajstić information content (AvgIpc) is 2.61. The molecule has 0 aliphatic heterocycles.